The van der Waals surface area contributed by atoms with E-state index in [2.05, 4.69) is 50.8 Å². The molecule has 3 aromatic heterocycles. The molecule has 9 heteroatoms. The van der Waals surface area contributed by atoms with Gasteiger partial charge >= 0.3 is 0 Å². The van der Waals surface area contributed by atoms with Gasteiger partial charge in [0.2, 0.25) is 0 Å². The smallest absolute Gasteiger partial charge is 0.150 e. The number of aryl methyl sites for hydroxylation is 1. The first-order chi connectivity index (χ1) is 16.4. The fourth-order valence-electron chi connectivity index (χ4n) is 4.48. The molecule has 7 nitrogen and oxygen atoms in total. The van der Waals surface area contributed by atoms with Gasteiger partial charge in [-0.3, -0.25) is 0 Å². The van der Waals surface area contributed by atoms with E-state index in [0.29, 0.717) is 16.0 Å². The lowest BCUT2D eigenvalue weighted by Gasteiger charge is -2.21. The monoisotopic (exact) mass is 494 g/mol. The van der Waals surface area contributed by atoms with Gasteiger partial charge in [0.25, 0.3) is 0 Å². The first kappa shape index (κ1) is 22.8. The number of anilines is 2. The molecule has 0 radical (unpaired) electrons. The first-order valence-corrected chi connectivity index (χ1v) is 12.7. The average Bonchev–Trinajstić information content (AvgIpc) is 3.46. The number of nitrogens with zero attached hydrogens (tertiary/aromatic N) is 5. The summed E-state index contributed by atoms with van der Waals surface area (Å²) >= 11 is 6.10. The molecular weight excluding hydrogens is 468 g/mol. The fourth-order valence-corrected chi connectivity index (χ4v) is 5.66. The van der Waals surface area contributed by atoms with Gasteiger partial charge in [-0.15, -0.1) is 0 Å². The van der Waals surface area contributed by atoms with Crippen molar-refractivity contribution in [3.8, 4) is 11.1 Å². The molecule has 4 heterocycles. The van der Waals surface area contributed by atoms with E-state index in [0.717, 1.165) is 53.2 Å². The number of aromatic nitrogens is 3. The zero-order valence-corrected chi connectivity index (χ0v) is 21.0. The Balaban J connectivity index is 1.52. The normalized spacial score (nSPS) is 17.0. The molecular formula is C25H27ClN6OS. The lowest BCUT2D eigenvalue weighted by Crippen LogP contribution is -2.31. The van der Waals surface area contributed by atoms with Crippen molar-refractivity contribution < 1.29 is 4.21 Å². The zero-order chi connectivity index (χ0) is 23.8. The SMILES string of the molecule is CN(C)C1CCN(c2cc(-c3cn(C)c4nccc(NS(=O)c5cccc(Cl)c5)c34)ccn2)C1. The number of hydrogen-bond donors (Lipinski definition) is 1. The number of likely N-dealkylation sites (N-methyl/N-ethyl adjacent to an activating group) is 1. The van der Waals surface area contributed by atoms with E-state index in [1.807, 2.05) is 29.9 Å². The number of halogens is 1. The number of rotatable bonds is 6. The Hall–Kier alpha value is -2.94. The Morgan fingerprint density at radius 3 is 2.74 bits per heavy atom. The summed E-state index contributed by atoms with van der Waals surface area (Å²) in [6.45, 7) is 1.95. The molecule has 34 heavy (non-hydrogen) atoms. The van der Waals surface area contributed by atoms with Crippen LogP contribution in [0.1, 0.15) is 6.42 Å². The van der Waals surface area contributed by atoms with E-state index in [1.54, 1.807) is 30.5 Å². The molecule has 0 amide bonds. The molecule has 0 bridgehead atoms. The lowest BCUT2D eigenvalue weighted by atomic mass is 10.1. The van der Waals surface area contributed by atoms with Crippen molar-refractivity contribution in [3.63, 3.8) is 0 Å². The van der Waals surface area contributed by atoms with Gasteiger partial charge < -0.3 is 19.1 Å². The molecule has 1 N–H and O–H groups in total. The number of pyridine rings is 2. The lowest BCUT2D eigenvalue weighted by molar-refractivity contribution is 0.315. The van der Waals surface area contributed by atoms with E-state index in [-0.39, 0.29) is 0 Å². The maximum Gasteiger partial charge on any atom is 0.150 e. The Labute approximate surface area is 207 Å². The summed E-state index contributed by atoms with van der Waals surface area (Å²) in [6.07, 6.45) is 6.78. The van der Waals surface area contributed by atoms with Crippen molar-refractivity contribution in [2.75, 3.05) is 36.8 Å². The summed E-state index contributed by atoms with van der Waals surface area (Å²) in [5.74, 6) is 0.972. The second-order valence-electron chi connectivity index (χ2n) is 8.79. The third-order valence-electron chi connectivity index (χ3n) is 6.34. The quantitative estimate of drug-likeness (QED) is 0.425. The predicted octanol–water partition coefficient (Wildman–Crippen LogP) is 4.56. The van der Waals surface area contributed by atoms with Crippen LogP contribution in [-0.4, -0.2) is 56.9 Å². The van der Waals surface area contributed by atoms with Gasteiger partial charge in [-0.25, -0.2) is 14.2 Å². The molecule has 2 unspecified atom stereocenters. The van der Waals surface area contributed by atoms with Crippen LogP contribution in [0, 0.1) is 0 Å². The van der Waals surface area contributed by atoms with E-state index in [4.69, 9.17) is 11.6 Å². The summed E-state index contributed by atoms with van der Waals surface area (Å²) in [7, 11) is 4.76. The summed E-state index contributed by atoms with van der Waals surface area (Å²) in [5, 5.41) is 1.47. The minimum absolute atomic E-state index is 0.532. The average molecular weight is 495 g/mol. The van der Waals surface area contributed by atoms with Crippen molar-refractivity contribution in [1.29, 1.82) is 0 Å². The van der Waals surface area contributed by atoms with Crippen LogP contribution in [0.3, 0.4) is 0 Å². The largest absolute Gasteiger partial charge is 0.355 e. The van der Waals surface area contributed by atoms with Crippen molar-refractivity contribution >= 4 is 45.1 Å². The van der Waals surface area contributed by atoms with Crippen molar-refractivity contribution in [3.05, 3.63) is 66.1 Å². The summed E-state index contributed by atoms with van der Waals surface area (Å²) in [5.41, 5.74) is 3.64. The minimum atomic E-state index is -1.47. The Morgan fingerprint density at radius 2 is 1.97 bits per heavy atom. The van der Waals surface area contributed by atoms with E-state index >= 15 is 0 Å². The Kier molecular flexibility index (Phi) is 6.29. The highest BCUT2D eigenvalue weighted by Gasteiger charge is 2.25. The zero-order valence-electron chi connectivity index (χ0n) is 19.4. The third-order valence-corrected chi connectivity index (χ3v) is 7.67. The van der Waals surface area contributed by atoms with Gasteiger partial charge in [-0.2, -0.15) is 0 Å². The van der Waals surface area contributed by atoms with Crippen LogP contribution in [0.4, 0.5) is 11.5 Å². The number of hydrogen-bond acceptors (Lipinski definition) is 5. The molecule has 1 aromatic carbocycles. The minimum Gasteiger partial charge on any atom is -0.355 e. The molecule has 1 aliphatic heterocycles. The molecule has 0 saturated carbocycles. The molecule has 5 rings (SSSR count). The standard InChI is InChI=1S/C25H27ClN6OS/c1-30(2)19-9-12-32(15-19)23-13-17(7-10-27-23)21-16-31(3)25-24(21)22(8-11-28-25)29-34(33)20-6-4-5-18(26)14-20/h4-8,10-11,13-14,16,19H,9,12,15H2,1-3H3,(H,28,29). The van der Waals surface area contributed by atoms with Crippen LogP contribution in [0.15, 0.2) is 66.0 Å². The molecule has 2 atom stereocenters. The Morgan fingerprint density at radius 1 is 1.15 bits per heavy atom. The molecule has 0 aliphatic carbocycles. The highest BCUT2D eigenvalue weighted by Crippen LogP contribution is 2.36. The number of nitrogens with one attached hydrogen (secondary N) is 1. The molecule has 1 fully saturated rings. The first-order valence-electron chi connectivity index (χ1n) is 11.2. The highest BCUT2D eigenvalue weighted by atomic mass is 35.5. The molecule has 4 aromatic rings. The summed E-state index contributed by atoms with van der Waals surface area (Å²) in [6, 6.07) is 13.6. The van der Waals surface area contributed by atoms with Crippen LogP contribution >= 0.6 is 11.6 Å². The van der Waals surface area contributed by atoms with Crippen molar-refractivity contribution in [2.24, 2.45) is 7.05 Å². The van der Waals surface area contributed by atoms with Gasteiger partial charge in [0.1, 0.15) is 22.5 Å². The summed E-state index contributed by atoms with van der Waals surface area (Å²) < 4.78 is 18.2. The second-order valence-corrected chi connectivity index (χ2v) is 10.4. The molecule has 1 saturated heterocycles. The van der Waals surface area contributed by atoms with Crippen LogP contribution in [0.25, 0.3) is 22.2 Å². The van der Waals surface area contributed by atoms with Crippen LogP contribution in [0.2, 0.25) is 5.02 Å². The van der Waals surface area contributed by atoms with Crippen LogP contribution in [0.5, 0.6) is 0 Å². The predicted molar refractivity (Wildman–Crippen MR) is 140 cm³/mol. The van der Waals surface area contributed by atoms with Crippen molar-refractivity contribution in [1.82, 2.24) is 19.4 Å². The van der Waals surface area contributed by atoms with Gasteiger partial charge in [0, 0.05) is 55.4 Å². The van der Waals surface area contributed by atoms with Crippen LogP contribution in [-0.2, 0) is 18.0 Å². The van der Waals surface area contributed by atoms with Gasteiger partial charge in [-0.1, -0.05) is 17.7 Å². The topological polar surface area (TPSA) is 66.3 Å². The van der Waals surface area contributed by atoms with Gasteiger partial charge in [-0.05, 0) is 62.5 Å². The van der Waals surface area contributed by atoms with Gasteiger partial charge in [0.15, 0.2) is 0 Å². The fraction of sp³-hybridized carbons (Fsp3) is 0.280. The van der Waals surface area contributed by atoms with E-state index in [1.165, 1.54) is 0 Å². The molecule has 176 valence electrons. The maximum atomic E-state index is 13.1. The van der Waals surface area contributed by atoms with Crippen LogP contribution < -0.4 is 9.62 Å². The van der Waals surface area contributed by atoms with Gasteiger partial charge in [0.05, 0.1) is 16.0 Å². The van der Waals surface area contributed by atoms with E-state index < -0.39 is 11.0 Å². The van der Waals surface area contributed by atoms with E-state index in [9.17, 15) is 4.21 Å². The highest BCUT2D eigenvalue weighted by molar-refractivity contribution is 7.86. The molecule has 0 spiro atoms. The maximum absolute atomic E-state index is 13.1. The third kappa shape index (κ3) is 4.41. The van der Waals surface area contributed by atoms with Crippen molar-refractivity contribution in [2.45, 2.75) is 17.4 Å². The Bertz CT molecular complexity index is 1370. The summed E-state index contributed by atoms with van der Waals surface area (Å²) in [4.78, 5) is 14.5. The molecule has 1 aliphatic rings. The second kappa shape index (κ2) is 9.37. The number of fused-ring (bicyclic) bond motifs is 1. The number of benzene rings is 1.